The Bertz CT molecular complexity index is 533. The number of aromatic carboxylic acids is 1. The summed E-state index contributed by atoms with van der Waals surface area (Å²) in [5, 5.41) is 11.9. The standard InChI is InChI=1S/C14H17ClN2O3/c15-9-5-3-7-11(12(9)14(19)20)17-13(18)8-4-1-2-6-10(8)16/h3,5,7-8,10H,1-2,4,6,16H2,(H,17,18)(H,19,20). The molecule has 2 atom stereocenters. The van der Waals surface area contributed by atoms with Crippen LogP contribution in [0.1, 0.15) is 36.0 Å². The second-order valence-electron chi connectivity index (χ2n) is 5.01. The number of benzene rings is 1. The number of halogens is 1. The SMILES string of the molecule is NC1CCCCC1C(=O)Nc1cccc(Cl)c1C(=O)O. The van der Waals surface area contributed by atoms with Crippen LogP contribution in [0.3, 0.4) is 0 Å². The van der Waals surface area contributed by atoms with E-state index >= 15 is 0 Å². The van der Waals surface area contributed by atoms with Crippen LogP contribution in [0.15, 0.2) is 18.2 Å². The number of carbonyl (C=O) groups excluding carboxylic acids is 1. The summed E-state index contributed by atoms with van der Waals surface area (Å²) in [5.74, 6) is -1.68. The average Bonchev–Trinajstić information content (AvgIpc) is 2.38. The zero-order valence-corrected chi connectivity index (χ0v) is 11.7. The lowest BCUT2D eigenvalue weighted by atomic mass is 9.84. The molecule has 2 unspecified atom stereocenters. The van der Waals surface area contributed by atoms with Crippen molar-refractivity contribution in [2.24, 2.45) is 11.7 Å². The number of anilines is 1. The quantitative estimate of drug-likeness (QED) is 0.799. The van der Waals surface area contributed by atoms with E-state index in [1.165, 1.54) is 12.1 Å². The second-order valence-corrected chi connectivity index (χ2v) is 5.42. The van der Waals surface area contributed by atoms with E-state index in [0.717, 1.165) is 25.7 Å². The summed E-state index contributed by atoms with van der Waals surface area (Å²) >= 11 is 5.87. The van der Waals surface area contributed by atoms with Gasteiger partial charge in [0.1, 0.15) is 5.56 Å². The van der Waals surface area contributed by atoms with Gasteiger partial charge >= 0.3 is 5.97 Å². The van der Waals surface area contributed by atoms with Gasteiger partial charge < -0.3 is 16.2 Å². The van der Waals surface area contributed by atoms with Crippen LogP contribution in [0.4, 0.5) is 5.69 Å². The third kappa shape index (κ3) is 3.11. The van der Waals surface area contributed by atoms with Gasteiger partial charge in [0.25, 0.3) is 0 Å². The molecule has 0 heterocycles. The molecule has 0 saturated heterocycles. The number of hydrogen-bond acceptors (Lipinski definition) is 3. The van der Waals surface area contributed by atoms with Gasteiger partial charge in [-0.25, -0.2) is 4.79 Å². The maximum Gasteiger partial charge on any atom is 0.339 e. The van der Waals surface area contributed by atoms with Crippen LogP contribution in [-0.4, -0.2) is 23.0 Å². The molecule has 5 nitrogen and oxygen atoms in total. The highest BCUT2D eigenvalue weighted by Crippen LogP contribution is 2.27. The largest absolute Gasteiger partial charge is 0.478 e. The maximum atomic E-state index is 12.2. The molecule has 4 N–H and O–H groups in total. The summed E-state index contributed by atoms with van der Waals surface area (Å²) < 4.78 is 0. The highest BCUT2D eigenvalue weighted by Gasteiger charge is 2.29. The van der Waals surface area contributed by atoms with Crippen LogP contribution in [0.2, 0.25) is 5.02 Å². The van der Waals surface area contributed by atoms with Crippen LogP contribution in [0, 0.1) is 5.92 Å². The monoisotopic (exact) mass is 296 g/mol. The van der Waals surface area contributed by atoms with Crippen molar-refractivity contribution < 1.29 is 14.7 Å². The van der Waals surface area contributed by atoms with Gasteiger partial charge in [-0.1, -0.05) is 30.5 Å². The van der Waals surface area contributed by atoms with Crippen LogP contribution in [-0.2, 0) is 4.79 Å². The highest BCUT2D eigenvalue weighted by atomic mass is 35.5. The molecular weight excluding hydrogens is 280 g/mol. The lowest BCUT2D eigenvalue weighted by Crippen LogP contribution is -2.40. The molecule has 0 aliphatic heterocycles. The van der Waals surface area contributed by atoms with Crippen molar-refractivity contribution in [3.05, 3.63) is 28.8 Å². The first-order valence-corrected chi connectivity index (χ1v) is 6.96. The minimum Gasteiger partial charge on any atom is -0.478 e. The number of carboxylic acid groups (broad SMARTS) is 1. The Morgan fingerprint density at radius 3 is 2.65 bits per heavy atom. The smallest absolute Gasteiger partial charge is 0.339 e. The van der Waals surface area contributed by atoms with Crippen LogP contribution in [0.5, 0.6) is 0 Å². The Morgan fingerprint density at radius 2 is 2.00 bits per heavy atom. The normalized spacial score (nSPS) is 22.3. The topological polar surface area (TPSA) is 92.4 Å². The molecule has 0 aromatic heterocycles. The summed E-state index contributed by atoms with van der Waals surface area (Å²) in [4.78, 5) is 23.4. The Morgan fingerprint density at radius 1 is 1.30 bits per heavy atom. The Balaban J connectivity index is 2.19. The first-order chi connectivity index (χ1) is 9.50. The van der Waals surface area contributed by atoms with Crippen LogP contribution >= 0.6 is 11.6 Å². The van der Waals surface area contributed by atoms with E-state index < -0.39 is 5.97 Å². The zero-order chi connectivity index (χ0) is 14.7. The number of carbonyl (C=O) groups is 2. The fourth-order valence-electron chi connectivity index (χ4n) is 2.56. The molecule has 1 aliphatic rings. The Labute approximate surface area is 122 Å². The molecule has 2 rings (SSSR count). The van der Waals surface area contributed by atoms with Gasteiger partial charge in [0.15, 0.2) is 0 Å². The number of carboxylic acids is 1. The van der Waals surface area contributed by atoms with E-state index in [-0.39, 0.29) is 34.1 Å². The van der Waals surface area contributed by atoms with Crippen molar-refractivity contribution in [2.45, 2.75) is 31.7 Å². The highest BCUT2D eigenvalue weighted by molar-refractivity contribution is 6.34. The fraction of sp³-hybridized carbons (Fsp3) is 0.429. The van der Waals surface area contributed by atoms with E-state index in [1.54, 1.807) is 6.07 Å². The molecule has 1 aromatic carbocycles. The average molecular weight is 297 g/mol. The van der Waals surface area contributed by atoms with Gasteiger partial charge in [-0.05, 0) is 25.0 Å². The molecule has 1 aromatic rings. The van der Waals surface area contributed by atoms with Gasteiger partial charge in [0.2, 0.25) is 5.91 Å². The molecule has 20 heavy (non-hydrogen) atoms. The molecule has 108 valence electrons. The Hall–Kier alpha value is -1.59. The number of nitrogens with one attached hydrogen (secondary N) is 1. The van der Waals surface area contributed by atoms with E-state index in [0.29, 0.717) is 0 Å². The van der Waals surface area contributed by atoms with Crippen molar-refractivity contribution in [3.8, 4) is 0 Å². The maximum absolute atomic E-state index is 12.2. The van der Waals surface area contributed by atoms with Gasteiger partial charge in [0, 0.05) is 6.04 Å². The first-order valence-electron chi connectivity index (χ1n) is 6.59. The van der Waals surface area contributed by atoms with Crippen LogP contribution in [0.25, 0.3) is 0 Å². The molecule has 1 aliphatic carbocycles. The Kier molecular flexibility index (Phi) is 4.62. The third-order valence-corrected chi connectivity index (χ3v) is 3.96. The molecular formula is C14H17ClN2O3. The van der Waals surface area contributed by atoms with E-state index in [9.17, 15) is 9.59 Å². The summed E-state index contributed by atoms with van der Waals surface area (Å²) in [5.41, 5.74) is 6.08. The second kappa shape index (κ2) is 6.24. The van der Waals surface area contributed by atoms with Gasteiger partial charge in [-0.3, -0.25) is 4.79 Å². The van der Waals surface area contributed by atoms with Gasteiger partial charge in [-0.15, -0.1) is 0 Å². The van der Waals surface area contributed by atoms with Gasteiger partial charge in [0.05, 0.1) is 16.6 Å². The predicted molar refractivity (Wildman–Crippen MR) is 77.0 cm³/mol. The number of amides is 1. The summed E-state index contributed by atoms with van der Waals surface area (Å²) in [6.45, 7) is 0. The zero-order valence-electron chi connectivity index (χ0n) is 10.9. The number of rotatable bonds is 3. The third-order valence-electron chi connectivity index (χ3n) is 3.64. The summed E-state index contributed by atoms with van der Waals surface area (Å²) in [6.07, 6.45) is 3.55. The molecule has 1 amide bonds. The minimum atomic E-state index is -1.17. The minimum absolute atomic E-state index is 0.0908. The van der Waals surface area contributed by atoms with Crippen molar-refractivity contribution in [1.82, 2.24) is 0 Å². The molecule has 1 fully saturated rings. The molecule has 6 heteroatoms. The van der Waals surface area contributed by atoms with E-state index in [1.807, 2.05) is 0 Å². The summed E-state index contributed by atoms with van der Waals surface area (Å²) in [7, 11) is 0. The lowest BCUT2D eigenvalue weighted by Gasteiger charge is -2.27. The van der Waals surface area contributed by atoms with Crippen molar-refractivity contribution >= 4 is 29.2 Å². The van der Waals surface area contributed by atoms with Crippen molar-refractivity contribution in [3.63, 3.8) is 0 Å². The number of nitrogens with two attached hydrogens (primary N) is 1. The molecule has 1 saturated carbocycles. The first kappa shape index (κ1) is 14.8. The molecule has 0 spiro atoms. The van der Waals surface area contributed by atoms with Crippen molar-refractivity contribution in [1.29, 1.82) is 0 Å². The molecule has 0 bridgehead atoms. The van der Waals surface area contributed by atoms with E-state index in [4.69, 9.17) is 22.4 Å². The van der Waals surface area contributed by atoms with Crippen LogP contribution < -0.4 is 11.1 Å². The van der Waals surface area contributed by atoms with Crippen molar-refractivity contribution in [2.75, 3.05) is 5.32 Å². The van der Waals surface area contributed by atoms with E-state index in [2.05, 4.69) is 5.32 Å². The fourth-order valence-corrected chi connectivity index (χ4v) is 2.81. The molecule has 0 radical (unpaired) electrons. The predicted octanol–water partition coefficient (Wildman–Crippen LogP) is 2.49. The van der Waals surface area contributed by atoms with Gasteiger partial charge in [-0.2, -0.15) is 0 Å². The summed E-state index contributed by atoms with van der Waals surface area (Å²) in [6, 6.07) is 4.44. The number of hydrogen-bond donors (Lipinski definition) is 3. The lowest BCUT2D eigenvalue weighted by molar-refractivity contribution is -0.121.